The first-order valence-corrected chi connectivity index (χ1v) is 9.81. The predicted molar refractivity (Wildman–Crippen MR) is 113 cm³/mol. The van der Waals surface area contributed by atoms with Crippen molar-refractivity contribution in [2.75, 3.05) is 19.8 Å². The van der Waals surface area contributed by atoms with Gasteiger partial charge in [0.05, 0.1) is 6.61 Å². The van der Waals surface area contributed by atoms with Crippen LogP contribution in [0.4, 0.5) is 0 Å². The molecule has 2 aromatic carbocycles. The molecular weight excluding hydrogens is 352 g/mol. The molecule has 0 aliphatic rings. The first kappa shape index (κ1) is 20.2. The molecule has 150 valence electrons. The average molecular weight is 383 g/mol. The Balaban J connectivity index is 1.51. The summed E-state index contributed by atoms with van der Waals surface area (Å²) in [6, 6.07) is 15.8. The van der Waals surface area contributed by atoms with E-state index in [0.717, 1.165) is 11.9 Å². The van der Waals surface area contributed by atoms with Gasteiger partial charge in [0.2, 0.25) is 0 Å². The maximum atomic E-state index is 10.4. The Kier molecular flexibility index (Phi) is 6.60. The number of aromatic amines is 1. The SMILES string of the molecule is CCOc1ccccc1OCC(O)CNC(C)(C)Cc1c[nH]c2ccccc12. The second-order valence-corrected chi connectivity index (χ2v) is 7.65. The Morgan fingerprint density at radius 2 is 1.71 bits per heavy atom. The van der Waals surface area contributed by atoms with Crippen LogP contribution < -0.4 is 14.8 Å². The lowest BCUT2D eigenvalue weighted by Crippen LogP contribution is -2.46. The third kappa shape index (κ3) is 5.27. The standard InChI is InChI=1S/C23H30N2O3/c1-4-27-21-11-7-8-12-22(21)28-16-18(26)15-25-23(2,3)13-17-14-24-20-10-6-5-9-19(17)20/h5-12,14,18,24-26H,4,13,15-16H2,1-3H3. The summed E-state index contributed by atoms with van der Waals surface area (Å²) in [6.07, 6.45) is 2.31. The molecule has 1 heterocycles. The molecule has 0 spiro atoms. The minimum absolute atomic E-state index is 0.158. The molecule has 0 amide bonds. The van der Waals surface area contributed by atoms with Crippen molar-refractivity contribution < 1.29 is 14.6 Å². The van der Waals surface area contributed by atoms with Crippen molar-refractivity contribution in [3.63, 3.8) is 0 Å². The molecule has 1 aromatic heterocycles. The van der Waals surface area contributed by atoms with Gasteiger partial charge in [0.15, 0.2) is 11.5 Å². The van der Waals surface area contributed by atoms with Crippen LogP contribution in [-0.4, -0.2) is 41.5 Å². The number of para-hydroxylation sites is 3. The molecule has 0 radical (unpaired) electrons. The van der Waals surface area contributed by atoms with E-state index in [2.05, 4.69) is 48.5 Å². The molecule has 0 saturated carbocycles. The molecule has 28 heavy (non-hydrogen) atoms. The van der Waals surface area contributed by atoms with Crippen LogP contribution in [-0.2, 0) is 6.42 Å². The second kappa shape index (κ2) is 9.13. The van der Waals surface area contributed by atoms with Crippen LogP contribution in [0.1, 0.15) is 26.3 Å². The quantitative estimate of drug-likeness (QED) is 0.497. The van der Waals surface area contributed by atoms with Gasteiger partial charge in [0.1, 0.15) is 12.7 Å². The van der Waals surface area contributed by atoms with E-state index in [4.69, 9.17) is 9.47 Å². The maximum absolute atomic E-state index is 10.4. The minimum Gasteiger partial charge on any atom is -0.490 e. The number of H-pyrrole nitrogens is 1. The fraction of sp³-hybridized carbons (Fsp3) is 0.391. The molecule has 1 unspecified atom stereocenters. The highest BCUT2D eigenvalue weighted by Gasteiger charge is 2.21. The van der Waals surface area contributed by atoms with Gasteiger partial charge in [-0.15, -0.1) is 0 Å². The fourth-order valence-electron chi connectivity index (χ4n) is 3.30. The van der Waals surface area contributed by atoms with E-state index in [1.54, 1.807) is 0 Å². The first-order valence-electron chi connectivity index (χ1n) is 9.81. The van der Waals surface area contributed by atoms with E-state index >= 15 is 0 Å². The molecule has 0 aliphatic heterocycles. The number of rotatable bonds is 10. The van der Waals surface area contributed by atoms with Crippen LogP contribution >= 0.6 is 0 Å². The number of aromatic nitrogens is 1. The van der Waals surface area contributed by atoms with E-state index in [9.17, 15) is 5.11 Å². The van der Waals surface area contributed by atoms with Crippen LogP contribution in [0.3, 0.4) is 0 Å². The van der Waals surface area contributed by atoms with Gasteiger partial charge in [-0.1, -0.05) is 30.3 Å². The molecule has 5 heteroatoms. The molecule has 0 bridgehead atoms. The summed E-state index contributed by atoms with van der Waals surface area (Å²) < 4.78 is 11.3. The minimum atomic E-state index is -0.614. The summed E-state index contributed by atoms with van der Waals surface area (Å²) in [5.41, 5.74) is 2.26. The molecule has 5 nitrogen and oxygen atoms in total. The van der Waals surface area contributed by atoms with E-state index in [1.807, 2.05) is 37.3 Å². The summed E-state index contributed by atoms with van der Waals surface area (Å²) in [6.45, 7) is 7.46. The van der Waals surface area contributed by atoms with E-state index < -0.39 is 6.10 Å². The Hall–Kier alpha value is -2.50. The molecule has 3 aromatic rings. The number of ether oxygens (including phenoxy) is 2. The zero-order valence-corrected chi connectivity index (χ0v) is 16.9. The number of hydrogen-bond donors (Lipinski definition) is 3. The van der Waals surface area contributed by atoms with Gasteiger partial charge in [0.25, 0.3) is 0 Å². The topological polar surface area (TPSA) is 66.5 Å². The lowest BCUT2D eigenvalue weighted by Gasteiger charge is -2.28. The molecule has 3 rings (SSSR count). The van der Waals surface area contributed by atoms with Crippen LogP contribution in [0.25, 0.3) is 10.9 Å². The molecular formula is C23H30N2O3. The van der Waals surface area contributed by atoms with Crippen LogP contribution in [0.2, 0.25) is 0 Å². The zero-order chi connectivity index (χ0) is 20.0. The van der Waals surface area contributed by atoms with Crippen molar-refractivity contribution in [1.82, 2.24) is 10.3 Å². The van der Waals surface area contributed by atoms with Crippen molar-refractivity contribution in [1.29, 1.82) is 0 Å². The van der Waals surface area contributed by atoms with Crippen molar-refractivity contribution in [3.8, 4) is 11.5 Å². The number of hydrogen-bond acceptors (Lipinski definition) is 4. The van der Waals surface area contributed by atoms with Gasteiger partial charge in [-0.05, 0) is 51.0 Å². The Morgan fingerprint density at radius 1 is 1.04 bits per heavy atom. The normalized spacial score (nSPS) is 12.9. The Labute approximate surface area is 166 Å². The highest BCUT2D eigenvalue weighted by molar-refractivity contribution is 5.83. The number of aliphatic hydroxyl groups is 1. The second-order valence-electron chi connectivity index (χ2n) is 7.65. The van der Waals surface area contributed by atoms with Gasteiger partial charge < -0.3 is 24.9 Å². The Bertz CT molecular complexity index is 888. The summed E-state index contributed by atoms with van der Waals surface area (Å²) in [4.78, 5) is 3.32. The van der Waals surface area contributed by atoms with Crippen molar-refractivity contribution >= 4 is 10.9 Å². The fourth-order valence-corrected chi connectivity index (χ4v) is 3.30. The third-order valence-electron chi connectivity index (χ3n) is 4.70. The van der Waals surface area contributed by atoms with E-state index in [1.165, 1.54) is 10.9 Å². The number of nitrogens with one attached hydrogen (secondary N) is 2. The summed E-state index contributed by atoms with van der Waals surface area (Å²) in [5.74, 6) is 1.35. The third-order valence-corrected chi connectivity index (χ3v) is 4.70. The lowest BCUT2D eigenvalue weighted by atomic mass is 9.94. The van der Waals surface area contributed by atoms with Gasteiger partial charge in [-0.25, -0.2) is 0 Å². The number of β-amino-alcohol motifs (C(OH)–C–C–N with tert-alkyl or cyclic N) is 1. The molecule has 1 atom stereocenters. The Morgan fingerprint density at radius 3 is 2.46 bits per heavy atom. The largest absolute Gasteiger partial charge is 0.490 e. The monoisotopic (exact) mass is 382 g/mol. The van der Waals surface area contributed by atoms with E-state index in [0.29, 0.717) is 24.7 Å². The smallest absolute Gasteiger partial charge is 0.161 e. The molecule has 0 saturated heterocycles. The summed E-state index contributed by atoms with van der Waals surface area (Å²) in [7, 11) is 0. The van der Waals surface area contributed by atoms with Gasteiger partial charge >= 0.3 is 0 Å². The van der Waals surface area contributed by atoms with Crippen molar-refractivity contribution in [2.45, 2.75) is 38.8 Å². The molecule has 0 fully saturated rings. The maximum Gasteiger partial charge on any atom is 0.161 e. The highest BCUT2D eigenvalue weighted by Crippen LogP contribution is 2.26. The summed E-state index contributed by atoms with van der Waals surface area (Å²) in [5, 5.41) is 15.1. The van der Waals surface area contributed by atoms with Crippen LogP contribution in [0, 0.1) is 0 Å². The molecule has 0 aliphatic carbocycles. The van der Waals surface area contributed by atoms with Crippen LogP contribution in [0.15, 0.2) is 54.7 Å². The lowest BCUT2D eigenvalue weighted by molar-refractivity contribution is 0.0969. The number of benzene rings is 2. The van der Waals surface area contributed by atoms with Crippen molar-refractivity contribution in [2.24, 2.45) is 0 Å². The van der Waals surface area contributed by atoms with Crippen molar-refractivity contribution in [3.05, 3.63) is 60.3 Å². The van der Waals surface area contributed by atoms with Gasteiger partial charge in [-0.3, -0.25) is 0 Å². The van der Waals surface area contributed by atoms with E-state index in [-0.39, 0.29) is 12.1 Å². The van der Waals surface area contributed by atoms with Gasteiger partial charge in [-0.2, -0.15) is 0 Å². The summed E-state index contributed by atoms with van der Waals surface area (Å²) >= 11 is 0. The predicted octanol–water partition coefficient (Wildman–Crippen LogP) is 3.92. The molecule has 3 N–H and O–H groups in total. The number of aliphatic hydroxyl groups excluding tert-OH is 1. The highest BCUT2D eigenvalue weighted by atomic mass is 16.5. The van der Waals surface area contributed by atoms with Crippen LogP contribution in [0.5, 0.6) is 11.5 Å². The number of fused-ring (bicyclic) bond motifs is 1. The van der Waals surface area contributed by atoms with Gasteiger partial charge in [0, 0.05) is 29.2 Å². The average Bonchev–Trinajstić information content (AvgIpc) is 3.08. The first-order chi connectivity index (χ1) is 13.5. The zero-order valence-electron chi connectivity index (χ0n) is 16.9.